The van der Waals surface area contributed by atoms with Crippen LogP contribution in [0.5, 0.6) is 0 Å². The van der Waals surface area contributed by atoms with E-state index in [1.807, 2.05) is 30.3 Å². The lowest BCUT2D eigenvalue weighted by atomic mass is 10.1. The molecule has 8 nitrogen and oxygen atoms in total. The molecule has 3 aromatic rings. The van der Waals surface area contributed by atoms with Crippen molar-refractivity contribution in [2.45, 2.75) is 5.16 Å². The van der Waals surface area contributed by atoms with Gasteiger partial charge in [-0.25, -0.2) is 19.9 Å². The number of rotatable bonds is 5. The number of nitrogens with two attached hydrogens (primary N) is 1. The highest BCUT2D eigenvalue weighted by atomic mass is 32.2. The van der Waals surface area contributed by atoms with E-state index in [1.54, 1.807) is 30.3 Å². The summed E-state index contributed by atoms with van der Waals surface area (Å²) in [6.07, 6.45) is 4.26. The van der Waals surface area contributed by atoms with Crippen LogP contribution in [0.1, 0.15) is 0 Å². The first-order valence-electron chi connectivity index (χ1n) is 7.67. The van der Waals surface area contributed by atoms with Gasteiger partial charge in [0.1, 0.15) is 5.82 Å². The summed E-state index contributed by atoms with van der Waals surface area (Å²) in [5, 5.41) is 0.244. The topological polar surface area (TPSA) is 110 Å². The summed E-state index contributed by atoms with van der Waals surface area (Å²) in [5.74, 6) is 1.34. The molecular weight excluding hydrogens is 350 g/mol. The first-order chi connectivity index (χ1) is 12.6. The van der Waals surface area contributed by atoms with Crippen LogP contribution in [0.4, 0.5) is 17.6 Å². The zero-order valence-corrected chi connectivity index (χ0v) is 15.1. The highest BCUT2D eigenvalue weighted by Crippen LogP contribution is 2.26. The molecule has 1 aromatic carbocycles. The molecule has 2 aromatic heterocycles. The second kappa shape index (κ2) is 7.79. The molecule has 1 unspecified atom stereocenters. The summed E-state index contributed by atoms with van der Waals surface area (Å²) in [6, 6.07) is 13.1. The lowest BCUT2D eigenvalue weighted by Gasteiger charge is -2.17. The van der Waals surface area contributed by atoms with Crippen molar-refractivity contribution in [3.05, 3.63) is 48.7 Å². The SMILES string of the molecule is CN(c1ccnc(S(C)=O)n1)c1nc(N=CN)cc(-c2ccccc2)n1. The number of anilines is 2. The van der Waals surface area contributed by atoms with Gasteiger partial charge in [0.2, 0.25) is 11.1 Å². The molecule has 0 aliphatic rings. The van der Waals surface area contributed by atoms with Crippen molar-refractivity contribution in [2.24, 2.45) is 10.7 Å². The number of hydrogen-bond donors (Lipinski definition) is 1. The Labute approximate surface area is 153 Å². The van der Waals surface area contributed by atoms with Crippen LogP contribution in [0.15, 0.2) is 58.8 Å². The van der Waals surface area contributed by atoms with E-state index in [0.29, 0.717) is 23.3 Å². The molecule has 0 saturated carbocycles. The van der Waals surface area contributed by atoms with E-state index >= 15 is 0 Å². The van der Waals surface area contributed by atoms with Crippen LogP contribution in [0.2, 0.25) is 0 Å². The highest BCUT2D eigenvalue weighted by Gasteiger charge is 2.14. The maximum absolute atomic E-state index is 11.6. The molecule has 0 bridgehead atoms. The Hall–Kier alpha value is -3.20. The average Bonchev–Trinajstić information content (AvgIpc) is 2.68. The monoisotopic (exact) mass is 367 g/mol. The Morgan fingerprint density at radius 1 is 1.15 bits per heavy atom. The van der Waals surface area contributed by atoms with E-state index in [-0.39, 0.29) is 5.16 Å². The van der Waals surface area contributed by atoms with Gasteiger partial charge in [0.05, 0.1) is 22.8 Å². The number of benzene rings is 1. The fourth-order valence-electron chi connectivity index (χ4n) is 2.23. The molecule has 2 N–H and O–H groups in total. The second-order valence-corrected chi connectivity index (χ2v) is 6.54. The Bertz CT molecular complexity index is 962. The van der Waals surface area contributed by atoms with E-state index in [1.165, 1.54) is 12.6 Å². The van der Waals surface area contributed by atoms with Gasteiger partial charge in [-0.3, -0.25) is 9.11 Å². The highest BCUT2D eigenvalue weighted by molar-refractivity contribution is 7.84. The van der Waals surface area contributed by atoms with Crippen molar-refractivity contribution in [1.29, 1.82) is 0 Å². The molecule has 0 aliphatic heterocycles. The Balaban J connectivity index is 2.07. The molecule has 0 spiro atoms. The third-order valence-corrected chi connectivity index (χ3v) is 4.21. The van der Waals surface area contributed by atoms with Crippen LogP contribution in [-0.2, 0) is 10.8 Å². The molecule has 0 saturated heterocycles. The van der Waals surface area contributed by atoms with Crippen molar-refractivity contribution in [3.8, 4) is 11.3 Å². The van der Waals surface area contributed by atoms with Crippen molar-refractivity contribution in [1.82, 2.24) is 19.9 Å². The molecule has 0 fully saturated rings. The van der Waals surface area contributed by atoms with Gasteiger partial charge in [0.25, 0.3) is 0 Å². The number of hydrogen-bond acceptors (Lipinski definition) is 7. The quantitative estimate of drug-likeness (QED) is 0.417. The summed E-state index contributed by atoms with van der Waals surface area (Å²) < 4.78 is 11.6. The summed E-state index contributed by atoms with van der Waals surface area (Å²) in [4.78, 5) is 23.1. The minimum Gasteiger partial charge on any atom is -0.390 e. The number of aromatic nitrogens is 4. The van der Waals surface area contributed by atoms with Gasteiger partial charge < -0.3 is 5.73 Å². The van der Waals surface area contributed by atoms with Crippen LogP contribution in [0, 0.1) is 0 Å². The Morgan fingerprint density at radius 2 is 1.92 bits per heavy atom. The summed E-state index contributed by atoms with van der Waals surface area (Å²) in [7, 11) is 0.485. The summed E-state index contributed by atoms with van der Waals surface area (Å²) >= 11 is 0. The van der Waals surface area contributed by atoms with Gasteiger partial charge in [0, 0.05) is 31.1 Å². The first kappa shape index (κ1) is 17.6. The first-order valence-corrected chi connectivity index (χ1v) is 9.23. The van der Waals surface area contributed by atoms with E-state index in [4.69, 9.17) is 5.73 Å². The zero-order chi connectivity index (χ0) is 18.5. The average molecular weight is 367 g/mol. The van der Waals surface area contributed by atoms with Crippen molar-refractivity contribution >= 4 is 34.7 Å². The van der Waals surface area contributed by atoms with Gasteiger partial charge in [-0.1, -0.05) is 30.3 Å². The third kappa shape index (κ3) is 3.89. The van der Waals surface area contributed by atoms with Crippen molar-refractivity contribution in [3.63, 3.8) is 0 Å². The predicted molar refractivity (Wildman–Crippen MR) is 102 cm³/mol. The van der Waals surface area contributed by atoms with Gasteiger partial charge >= 0.3 is 0 Å². The summed E-state index contributed by atoms with van der Waals surface area (Å²) in [5.41, 5.74) is 7.05. The molecule has 2 heterocycles. The van der Waals surface area contributed by atoms with Gasteiger partial charge in [-0.15, -0.1) is 0 Å². The van der Waals surface area contributed by atoms with Crippen molar-refractivity contribution in [2.75, 3.05) is 18.2 Å². The molecule has 132 valence electrons. The standard InChI is InChI=1S/C17H17N7OS/c1-24(15-8-9-19-17(23-15)26(2)25)16-21-13(10-14(22-16)20-11-18)12-6-4-3-5-7-12/h3-11H,1-2H3,(H2,18,20,21,22). The maximum atomic E-state index is 11.6. The molecule has 0 radical (unpaired) electrons. The predicted octanol–water partition coefficient (Wildman–Crippen LogP) is 2.06. The van der Waals surface area contributed by atoms with E-state index in [0.717, 1.165) is 5.56 Å². The van der Waals surface area contributed by atoms with Crippen molar-refractivity contribution < 1.29 is 4.21 Å². The van der Waals surface area contributed by atoms with Crippen LogP contribution in [-0.4, -0.2) is 43.8 Å². The smallest absolute Gasteiger partial charge is 0.233 e. The molecular formula is C17H17N7OS. The fraction of sp³-hybridized carbons (Fsp3) is 0.118. The lowest BCUT2D eigenvalue weighted by molar-refractivity contribution is 0.679. The van der Waals surface area contributed by atoms with E-state index in [2.05, 4.69) is 24.9 Å². The molecule has 0 amide bonds. The van der Waals surface area contributed by atoms with Gasteiger partial charge in [0.15, 0.2) is 5.82 Å². The normalized spacial score (nSPS) is 12.2. The Morgan fingerprint density at radius 3 is 2.62 bits per heavy atom. The molecule has 26 heavy (non-hydrogen) atoms. The maximum Gasteiger partial charge on any atom is 0.233 e. The van der Waals surface area contributed by atoms with Crippen LogP contribution in [0.3, 0.4) is 0 Å². The summed E-state index contributed by atoms with van der Waals surface area (Å²) in [6.45, 7) is 0. The molecule has 3 rings (SSSR count). The lowest BCUT2D eigenvalue weighted by Crippen LogP contribution is -2.16. The molecule has 0 aliphatic carbocycles. The molecule has 1 atom stereocenters. The number of aliphatic imine (C=N–C) groups is 1. The van der Waals surface area contributed by atoms with Crippen LogP contribution < -0.4 is 10.6 Å². The second-order valence-electron chi connectivity index (χ2n) is 5.27. The van der Waals surface area contributed by atoms with E-state index < -0.39 is 10.8 Å². The number of nitrogens with zero attached hydrogens (tertiary/aromatic N) is 6. The van der Waals surface area contributed by atoms with Gasteiger partial charge in [-0.2, -0.15) is 4.98 Å². The fourth-order valence-corrected chi connectivity index (χ4v) is 2.66. The minimum absolute atomic E-state index is 0.244. The van der Waals surface area contributed by atoms with Crippen LogP contribution >= 0.6 is 0 Å². The molecule has 9 heteroatoms. The third-order valence-electron chi connectivity index (χ3n) is 3.50. The largest absolute Gasteiger partial charge is 0.390 e. The van der Waals surface area contributed by atoms with Gasteiger partial charge in [-0.05, 0) is 6.07 Å². The Kier molecular flexibility index (Phi) is 5.28. The minimum atomic E-state index is -1.28. The zero-order valence-electron chi connectivity index (χ0n) is 14.3. The van der Waals surface area contributed by atoms with E-state index in [9.17, 15) is 4.21 Å². The van der Waals surface area contributed by atoms with Crippen LogP contribution in [0.25, 0.3) is 11.3 Å².